The summed E-state index contributed by atoms with van der Waals surface area (Å²) in [7, 11) is -1.35. The van der Waals surface area contributed by atoms with Gasteiger partial charge < -0.3 is 4.55 Å². The molecule has 0 bridgehead atoms. The van der Waals surface area contributed by atoms with Crippen LogP contribution in [0.15, 0.2) is 0 Å². The van der Waals surface area contributed by atoms with Crippen molar-refractivity contribution in [3.05, 3.63) is 0 Å². The van der Waals surface area contributed by atoms with Crippen molar-refractivity contribution in [2.75, 3.05) is 20.7 Å². The minimum absolute atomic E-state index is 0.728. The number of nitrogens with one attached hydrogen (secondary N) is 1. The van der Waals surface area contributed by atoms with Crippen molar-refractivity contribution in [1.82, 2.24) is 5.32 Å². The second-order valence-corrected chi connectivity index (χ2v) is 9.93. The van der Waals surface area contributed by atoms with Crippen molar-refractivity contribution in [3.63, 3.8) is 0 Å². The van der Waals surface area contributed by atoms with E-state index in [1.807, 2.05) is 0 Å². The van der Waals surface area contributed by atoms with Gasteiger partial charge in [-0.25, -0.2) is 8.42 Å². The highest BCUT2D eigenvalue weighted by Crippen LogP contribution is 2.14. The fourth-order valence-corrected chi connectivity index (χ4v) is 4.06. The molecule has 0 aromatic carbocycles. The first kappa shape index (κ1) is 30.3. The zero-order valence-electron chi connectivity index (χ0n) is 20.8. The Morgan fingerprint density at radius 3 is 1.58 bits per heavy atom. The molecule has 1 heterocycles. The Balaban J connectivity index is 0.00000131. The lowest BCUT2D eigenvalue weighted by Gasteiger charge is -2.04. The van der Waals surface area contributed by atoms with Crippen LogP contribution in [0.5, 0.6) is 0 Å². The first-order valence-corrected chi connectivity index (χ1v) is 14.0. The number of hydrogen-bond acceptors (Lipinski definition) is 5. The molecule has 0 aromatic heterocycles. The van der Waals surface area contributed by atoms with Gasteiger partial charge in [-0.3, -0.25) is 14.1 Å². The van der Waals surface area contributed by atoms with E-state index < -0.39 is 10.4 Å². The van der Waals surface area contributed by atoms with Crippen molar-refractivity contribution in [3.8, 4) is 0 Å². The van der Waals surface area contributed by atoms with E-state index in [4.69, 9.17) is 0 Å². The Labute approximate surface area is 193 Å². The van der Waals surface area contributed by atoms with Gasteiger partial charge in [0.2, 0.25) is 16.2 Å². The van der Waals surface area contributed by atoms with E-state index in [0.717, 1.165) is 19.7 Å². The van der Waals surface area contributed by atoms with Crippen LogP contribution in [-0.2, 0) is 14.6 Å². The molecule has 0 aromatic rings. The summed E-state index contributed by atoms with van der Waals surface area (Å²) >= 11 is 0. The zero-order chi connectivity index (χ0) is 23.4. The molecule has 0 fully saturated rings. The van der Waals surface area contributed by atoms with E-state index in [9.17, 15) is 13.0 Å². The summed E-state index contributed by atoms with van der Waals surface area (Å²) in [6, 6.07) is 0.728. The van der Waals surface area contributed by atoms with Crippen LogP contribution in [-0.4, -0.2) is 50.1 Å². The van der Waals surface area contributed by atoms with Gasteiger partial charge in [-0.2, -0.15) is 0 Å². The summed E-state index contributed by atoms with van der Waals surface area (Å²) in [5, 5.41) is 3.60. The van der Waals surface area contributed by atoms with Crippen molar-refractivity contribution in [2.45, 2.75) is 129 Å². The Morgan fingerprint density at radius 1 is 0.871 bits per heavy atom. The predicted octanol–water partition coefficient (Wildman–Crippen LogP) is 5.76. The number of likely N-dealkylation sites (N-methyl/N-ethyl adjacent to an activating group) is 1. The van der Waals surface area contributed by atoms with Gasteiger partial charge in [0.1, 0.15) is 12.6 Å². The fourth-order valence-electron chi connectivity index (χ4n) is 4.06. The number of unbranched alkanes of at least 4 members (excludes halogenated alkanes) is 14. The van der Waals surface area contributed by atoms with Gasteiger partial charge in [-0.15, -0.1) is 0 Å². The minimum atomic E-state index is -4.41. The molecule has 0 aliphatic carbocycles. The van der Waals surface area contributed by atoms with Gasteiger partial charge in [-0.05, 0) is 12.8 Å². The van der Waals surface area contributed by atoms with Crippen molar-refractivity contribution < 1.29 is 21.7 Å². The molecule has 6 nitrogen and oxygen atoms in total. The summed E-state index contributed by atoms with van der Waals surface area (Å²) < 4.78 is 33.5. The van der Waals surface area contributed by atoms with Gasteiger partial charge >= 0.3 is 0 Å². The van der Waals surface area contributed by atoms with E-state index in [1.165, 1.54) is 115 Å². The van der Waals surface area contributed by atoms with Gasteiger partial charge in [-0.1, -0.05) is 104 Å². The Kier molecular flexibility index (Phi) is 19.6. The first-order valence-electron chi connectivity index (χ1n) is 12.7. The quantitative estimate of drug-likeness (QED) is 0.121. The largest absolute Gasteiger partial charge is 0.726 e. The molecule has 1 rings (SSSR count). The van der Waals surface area contributed by atoms with Gasteiger partial charge in [0, 0.05) is 6.42 Å². The topological polar surface area (TPSA) is 81.5 Å². The highest BCUT2D eigenvalue weighted by atomic mass is 32.3. The normalized spacial score (nSPS) is 16.2. The van der Waals surface area contributed by atoms with Gasteiger partial charge in [0.05, 0.1) is 14.2 Å². The summed E-state index contributed by atoms with van der Waals surface area (Å²) in [5.41, 5.74) is 0. The number of hydrogen-bond donors (Lipinski definition) is 1. The number of rotatable bonds is 18. The third-order valence-corrected chi connectivity index (χ3v) is 6.62. The highest BCUT2D eigenvalue weighted by Gasteiger charge is 2.26. The monoisotopic (exact) mass is 462 g/mol. The number of nitrogens with zero attached hydrogens (tertiary/aromatic N) is 1. The molecule has 0 amide bonds. The van der Waals surface area contributed by atoms with Crippen molar-refractivity contribution >= 4 is 16.2 Å². The van der Waals surface area contributed by atoms with Crippen LogP contribution >= 0.6 is 0 Å². The lowest BCUT2D eigenvalue weighted by atomic mass is 10.0. The van der Waals surface area contributed by atoms with E-state index in [1.54, 1.807) is 0 Å². The molecule has 1 unspecified atom stereocenters. The van der Waals surface area contributed by atoms with E-state index >= 15 is 0 Å². The van der Waals surface area contributed by atoms with Crippen LogP contribution in [0.25, 0.3) is 0 Å². The fraction of sp³-hybridized carbons (Fsp3) is 0.958. The van der Waals surface area contributed by atoms with E-state index in [0.29, 0.717) is 0 Å². The van der Waals surface area contributed by atoms with E-state index in [-0.39, 0.29) is 0 Å². The zero-order valence-corrected chi connectivity index (χ0v) is 21.6. The summed E-state index contributed by atoms with van der Waals surface area (Å²) in [6.07, 6.45) is 24.2. The van der Waals surface area contributed by atoms with Gasteiger partial charge in [0.15, 0.2) is 0 Å². The standard InChI is InChI=1S/C23H46N2.CH4O4S/c1-4-6-7-8-9-10-11-12-13-14-15-16-17-18-19-20-23-24-21-22(5-2)25(23)3;1-5-6(2,3)4/h22H,4-21H2,1-3H3;1H3,(H,2,3,4). The molecule has 31 heavy (non-hydrogen) atoms. The van der Waals surface area contributed by atoms with E-state index in [2.05, 4.69) is 35.0 Å². The molecule has 0 saturated carbocycles. The molecule has 186 valence electrons. The van der Waals surface area contributed by atoms with Crippen molar-refractivity contribution in [1.29, 1.82) is 0 Å². The van der Waals surface area contributed by atoms with Crippen LogP contribution in [0.3, 0.4) is 0 Å². The molecule has 1 N–H and O–H groups in total. The molecule has 1 aliphatic rings. The molecule has 0 saturated heterocycles. The van der Waals surface area contributed by atoms with Crippen LogP contribution in [0.4, 0.5) is 0 Å². The summed E-state index contributed by atoms with van der Waals surface area (Å²) in [4.78, 5) is 0. The lowest BCUT2D eigenvalue weighted by Crippen LogP contribution is -2.21. The third-order valence-electron chi connectivity index (χ3n) is 6.21. The SMILES string of the molecule is CCCCCCCCCCCCCCCCCC1=[N+](C)C(CC)CN1.COS(=O)(=O)[O-]. The maximum atomic E-state index is 9.22. The Bertz CT molecular complexity index is 550. The average molecular weight is 463 g/mol. The van der Waals surface area contributed by atoms with Crippen LogP contribution in [0, 0.1) is 0 Å². The summed E-state index contributed by atoms with van der Waals surface area (Å²) in [5.74, 6) is 1.49. The Hall–Kier alpha value is -0.660. The third kappa shape index (κ3) is 18.6. The number of amidine groups is 1. The maximum absolute atomic E-state index is 9.22. The maximum Gasteiger partial charge on any atom is 0.244 e. The van der Waals surface area contributed by atoms with Gasteiger partial charge in [0.25, 0.3) is 0 Å². The molecule has 1 atom stereocenters. The highest BCUT2D eigenvalue weighted by molar-refractivity contribution is 7.80. The second kappa shape index (κ2) is 20.0. The predicted molar refractivity (Wildman–Crippen MR) is 130 cm³/mol. The first-order chi connectivity index (χ1) is 14.9. The second-order valence-electron chi connectivity index (χ2n) is 8.78. The molecule has 7 heteroatoms. The molecule has 0 radical (unpaired) electrons. The average Bonchev–Trinajstić information content (AvgIpc) is 3.10. The minimum Gasteiger partial charge on any atom is -0.726 e. The molecular weight excluding hydrogens is 412 g/mol. The van der Waals surface area contributed by atoms with Crippen LogP contribution < -0.4 is 5.32 Å². The molecule has 1 aliphatic heterocycles. The smallest absolute Gasteiger partial charge is 0.244 e. The van der Waals surface area contributed by atoms with Crippen LogP contribution in [0.1, 0.15) is 123 Å². The lowest BCUT2D eigenvalue weighted by molar-refractivity contribution is -0.528. The molecule has 0 spiro atoms. The van der Waals surface area contributed by atoms with Crippen LogP contribution in [0.2, 0.25) is 0 Å². The van der Waals surface area contributed by atoms with Crippen molar-refractivity contribution in [2.24, 2.45) is 0 Å². The Morgan fingerprint density at radius 2 is 1.26 bits per heavy atom. The summed E-state index contributed by atoms with van der Waals surface area (Å²) in [6.45, 7) is 5.74. The molecular formula is C24H50N2O4S.